The lowest BCUT2D eigenvalue weighted by Gasteiger charge is -2.22. The first-order valence-electron chi connectivity index (χ1n) is 8.81. The van der Waals surface area contributed by atoms with Gasteiger partial charge in [0, 0.05) is 18.7 Å². The number of carbonyl (C=O) groups is 1. The van der Waals surface area contributed by atoms with Gasteiger partial charge in [0.15, 0.2) is 0 Å². The van der Waals surface area contributed by atoms with Gasteiger partial charge in [-0.1, -0.05) is 32.9 Å². The first-order valence-corrected chi connectivity index (χ1v) is 8.81. The van der Waals surface area contributed by atoms with Crippen LogP contribution in [0, 0.1) is 5.82 Å². The SMILES string of the molecule is CC(C)(C)c1ccc(C(=O)Nc2cc(F)ccc2N2CCCC2)cc1. The second-order valence-electron chi connectivity index (χ2n) is 7.64. The van der Waals surface area contributed by atoms with Crippen molar-refractivity contribution in [2.45, 2.75) is 39.0 Å². The molecule has 1 amide bonds. The predicted octanol–water partition coefficient (Wildman–Crippen LogP) is 4.98. The van der Waals surface area contributed by atoms with E-state index in [4.69, 9.17) is 0 Å². The molecule has 0 aromatic heterocycles. The Morgan fingerprint density at radius 1 is 1.04 bits per heavy atom. The third-order valence-corrected chi connectivity index (χ3v) is 4.67. The van der Waals surface area contributed by atoms with E-state index >= 15 is 0 Å². The van der Waals surface area contributed by atoms with Crippen molar-refractivity contribution < 1.29 is 9.18 Å². The van der Waals surface area contributed by atoms with E-state index in [-0.39, 0.29) is 17.1 Å². The molecule has 3 rings (SSSR count). The molecule has 1 aliphatic rings. The zero-order valence-corrected chi connectivity index (χ0v) is 15.1. The Labute approximate surface area is 148 Å². The predicted molar refractivity (Wildman–Crippen MR) is 101 cm³/mol. The second-order valence-corrected chi connectivity index (χ2v) is 7.64. The van der Waals surface area contributed by atoms with Crippen molar-refractivity contribution in [3.8, 4) is 0 Å². The number of anilines is 2. The van der Waals surface area contributed by atoms with Crippen LogP contribution in [-0.2, 0) is 5.41 Å². The number of hydrogen-bond donors (Lipinski definition) is 1. The van der Waals surface area contributed by atoms with E-state index in [1.54, 1.807) is 6.07 Å². The summed E-state index contributed by atoms with van der Waals surface area (Å²) in [5.41, 5.74) is 3.21. The van der Waals surface area contributed by atoms with Crippen LogP contribution < -0.4 is 10.2 Å². The molecule has 0 unspecified atom stereocenters. The first kappa shape index (κ1) is 17.5. The highest BCUT2D eigenvalue weighted by Gasteiger charge is 2.19. The third kappa shape index (κ3) is 4.01. The summed E-state index contributed by atoms with van der Waals surface area (Å²) >= 11 is 0. The van der Waals surface area contributed by atoms with Gasteiger partial charge < -0.3 is 10.2 Å². The number of halogens is 1. The lowest BCUT2D eigenvalue weighted by Crippen LogP contribution is -2.21. The molecule has 1 fully saturated rings. The molecular weight excluding hydrogens is 315 g/mol. The lowest BCUT2D eigenvalue weighted by molar-refractivity contribution is 0.102. The van der Waals surface area contributed by atoms with Crippen molar-refractivity contribution in [1.82, 2.24) is 0 Å². The molecule has 0 radical (unpaired) electrons. The quantitative estimate of drug-likeness (QED) is 0.855. The molecule has 0 aliphatic carbocycles. The number of rotatable bonds is 3. The van der Waals surface area contributed by atoms with Crippen LogP contribution in [-0.4, -0.2) is 19.0 Å². The molecule has 0 bridgehead atoms. The van der Waals surface area contributed by atoms with Crippen LogP contribution >= 0.6 is 0 Å². The largest absolute Gasteiger partial charge is 0.370 e. The second kappa shape index (κ2) is 6.87. The molecule has 1 heterocycles. The van der Waals surface area contributed by atoms with Crippen molar-refractivity contribution in [2.75, 3.05) is 23.3 Å². The lowest BCUT2D eigenvalue weighted by atomic mass is 9.87. The molecule has 0 spiro atoms. The Kier molecular flexibility index (Phi) is 4.80. The first-order chi connectivity index (χ1) is 11.8. The van der Waals surface area contributed by atoms with Gasteiger partial charge in [-0.15, -0.1) is 0 Å². The molecule has 1 saturated heterocycles. The van der Waals surface area contributed by atoms with Crippen LogP contribution in [0.1, 0.15) is 49.5 Å². The van der Waals surface area contributed by atoms with E-state index < -0.39 is 0 Å². The van der Waals surface area contributed by atoms with E-state index in [0.29, 0.717) is 11.3 Å². The molecule has 0 atom stereocenters. The summed E-state index contributed by atoms with van der Waals surface area (Å²) < 4.78 is 13.7. The average Bonchev–Trinajstić information content (AvgIpc) is 3.08. The molecular formula is C21H25FN2O. The molecule has 3 nitrogen and oxygen atoms in total. The summed E-state index contributed by atoms with van der Waals surface area (Å²) in [5.74, 6) is -0.562. The van der Waals surface area contributed by atoms with E-state index in [0.717, 1.165) is 31.6 Å². The molecule has 2 aromatic rings. The molecule has 132 valence electrons. The molecule has 1 N–H and O–H groups in total. The van der Waals surface area contributed by atoms with Gasteiger partial charge in [0.05, 0.1) is 11.4 Å². The smallest absolute Gasteiger partial charge is 0.255 e. The van der Waals surface area contributed by atoms with Gasteiger partial charge in [-0.05, 0) is 54.2 Å². The van der Waals surface area contributed by atoms with Crippen LogP contribution in [0.25, 0.3) is 0 Å². The average molecular weight is 340 g/mol. The van der Waals surface area contributed by atoms with E-state index in [1.807, 2.05) is 24.3 Å². The Morgan fingerprint density at radius 2 is 1.68 bits per heavy atom. The summed E-state index contributed by atoms with van der Waals surface area (Å²) in [4.78, 5) is 14.8. The summed E-state index contributed by atoms with van der Waals surface area (Å²) in [6.45, 7) is 8.29. The van der Waals surface area contributed by atoms with E-state index in [1.165, 1.54) is 17.7 Å². The minimum atomic E-state index is -0.346. The highest BCUT2D eigenvalue weighted by Crippen LogP contribution is 2.30. The highest BCUT2D eigenvalue weighted by molar-refractivity contribution is 6.06. The van der Waals surface area contributed by atoms with Gasteiger partial charge in [-0.25, -0.2) is 4.39 Å². The molecule has 4 heteroatoms. The molecule has 0 saturated carbocycles. The Hall–Kier alpha value is -2.36. The highest BCUT2D eigenvalue weighted by atomic mass is 19.1. The number of nitrogens with one attached hydrogen (secondary N) is 1. The van der Waals surface area contributed by atoms with Crippen molar-refractivity contribution in [3.63, 3.8) is 0 Å². The van der Waals surface area contributed by atoms with Gasteiger partial charge in [0.2, 0.25) is 0 Å². The fourth-order valence-corrected chi connectivity index (χ4v) is 3.16. The third-order valence-electron chi connectivity index (χ3n) is 4.67. The van der Waals surface area contributed by atoms with Crippen molar-refractivity contribution in [3.05, 3.63) is 59.4 Å². The molecule has 25 heavy (non-hydrogen) atoms. The number of benzene rings is 2. The molecule has 1 aliphatic heterocycles. The van der Waals surface area contributed by atoms with Crippen LogP contribution in [0.15, 0.2) is 42.5 Å². The number of hydrogen-bond acceptors (Lipinski definition) is 2. The number of amides is 1. The van der Waals surface area contributed by atoms with Crippen LogP contribution in [0.2, 0.25) is 0 Å². The maximum atomic E-state index is 13.7. The van der Waals surface area contributed by atoms with Crippen LogP contribution in [0.5, 0.6) is 0 Å². The zero-order valence-electron chi connectivity index (χ0n) is 15.1. The Balaban J connectivity index is 1.82. The monoisotopic (exact) mass is 340 g/mol. The van der Waals surface area contributed by atoms with Gasteiger partial charge >= 0.3 is 0 Å². The van der Waals surface area contributed by atoms with Gasteiger partial charge in [0.1, 0.15) is 5.82 Å². The topological polar surface area (TPSA) is 32.3 Å². The normalized spacial score (nSPS) is 14.6. The van der Waals surface area contributed by atoms with Crippen LogP contribution in [0.4, 0.5) is 15.8 Å². The Morgan fingerprint density at radius 3 is 2.28 bits per heavy atom. The van der Waals surface area contributed by atoms with Gasteiger partial charge in [0.25, 0.3) is 5.91 Å². The van der Waals surface area contributed by atoms with Gasteiger partial charge in [-0.2, -0.15) is 0 Å². The standard InChI is InChI=1S/C21H25FN2O/c1-21(2,3)16-8-6-15(7-9-16)20(25)23-18-14-17(22)10-11-19(18)24-12-4-5-13-24/h6-11,14H,4-5,12-13H2,1-3H3,(H,23,25). The molecule has 2 aromatic carbocycles. The maximum Gasteiger partial charge on any atom is 0.255 e. The fraction of sp³-hybridized carbons (Fsp3) is 0.381. The van der Waals surface area contributed by atoms with Crippen molar-refractivity contribution >= 4 is 17.3 Å². The summed E-state index contributed by atoms with van der Waals surface area (Å²) in [6.07, 6.45) is 2.25. The Bertz CT molecular complexity index is 756. The summed E-state index contributed by atoms with van der Waals surface area (Å²) in [5, 5.41) is 2.88. The number of nitrogens with zero attached hydrogens (tertiary/aromatic N) is 1. The van der Waals surface area contributed by atoms with Gasteiger partial charge in [-0.3, -0.25) is 4.79 Å². The zero-order chi connectivity index (χ0) is 18.0. The summed E-state index contributed by atoms with van der Waals surface area (Å²) in [7, 11) is 0. The van der Waals surface area contributed by atoms with Crippen LogP contribution in [0.3, 0.4) is 0 Å². The number of carbonyl (C=O) groups excluding carboxylic acids is 1. The summed E-state index contributed by atoms with van der Waals surface area (Å²) in [6, 6.07) is 12.2. The van der Waals surface area contributed by atoms with Crippen molar-refractivity contribution in [1.29, 1.82) is 0 Å². The minimum Gasteiger partial charge on any atom is -0.370 e. The van der Waals surface area contributed by atoms with E-state index in [9.17, 15) is 9.18 Å². The fourth-order valence-electron chi connectivity index (χ4n) is 3.16. The minimum absolute atomic E-state index is 0.0422. The van der Waals surface area contributed by atoms with E-state index in [2.05, 4.69) is 31.0 Å². The maximum absolute atomic E-state index is 13.7. The van der Waals surface area contributed by atoms with Crippen molar-refractivity contribution in [2.24, 2.45) is 0 Å².